The Morgan fingerprint density at radius 2 is 0.887 bits per heavy atom. The Labute approximate surface area is 409 Å². The van der Waals surface area contributed by atoms with Crippen molar-refractivity contribution in [1.29, 1.82) is 0 Å². The van der Waals surface area contributed by atoms with E-state index in [1.807, 2.05) is 54.6 Å². The highest BCUT2D eigenvalue weighted by molar-refractivity contribution is 6.20. The van der Waals surface area contributed by atoms with Crippen LogP contribution in [0.15, 0.2) is 254 Å². The molecule has 334 valence electrons. The molecule has 14 rings (SSSR count). The van der Waals surface area contributed by atoms with E-state index in [9.17, 15) is 0 Å². The quantitative estimate of drug-likeness (QED) is 0.120. The minimum Gasteiger partial charge on any atom is -0.398 e. The lowest BCUT2D eigenvalue weighted by molar-refractivity contribution is 1.06. The van der Waals surface area contributed by atoms with Crippen LogP contribution < -0.4 is 5.73 Å². The van der Waals surface area contributed by atoms with E-state index in [-0.39, 0.29) is 0 Å². The minimum atomic E-state index is 0.480. The van der Waals surface area contributed by atoms with Gasteiger partial charge in [-0.2, -0.15) is 0 Å². The van der Waals surface area contributed by atoms with Crippen molar-refractivity contribution in [2.24, 2.45) is 10.7 Å². The number of rotatable bonds is 8. The van der Waals surface area contributed by atoms with Gasteiger partial charge in [0.15, 0.2) is 0 Å². The third-order valence-corrected chi connectivity index (χ3v) is 14.4. The number of allylic oxidation sites excluding steroid dienone is 1. The zero-order valence-electron chi connectivity index (χ0n) is 38.7. The van der Waals surface area contributed by atoms with Gasteiger partial charge < -0.3 is 19.3 Å². The van der Waals surface area contributed by atoms with Crippen LogP contribution in [0.2, 0.25) is 0 Å². The summed E-state index contributed by atoms with van der Waals surface area (Å²) >= 11 is 0. The van der Waals surface area contributed by atoms with E-state index < -0.39 is 0 Å². The number of pyridine rings is 1. The first-order valence-corrected chi connectivity index (χ1v) is 24.3. The maximum absolute atomic E-state index is 6.71. The molecule has 14 aromatic rings. The molecule has 0 radical (unpaired) electrons. The molecule has 0 unspecified atom stereocenters. The highest BCUT2D eigenvalue weighted by Gasteiger charge is 2.20. The van der Waals surface area contributed by atoms with Crippen LogP contribution in [0.3, 0.4) is 0 Å². The Hall–Kier alpha value is -9.45. The summed E-state index contributed by atoms with van der Waals surface area (Å²) in [7, 11) is 0. The average Bonchev–Trinajstić information content (AvgIpc) is 4.09. The second-order valence-electron chi connectivity index (χ2n) is 18.5. The van der Waals surface area contributed by atoms with Crippen LogP contribution in [0.5, 0.6) is 0 Å². The highest BCUT2D eigenvalue weighted by atomic mass is 15.0. The van der Waals surface area contributed by atoms with Gasteiger partial charge in [0, 0.05) is 54.8 Å². The van der Waals surface area contributed by atoms with Crippen molar-refractivity contribution in [3.8, 4) is 22.5 Å². The lowest BCUT2D eigenvalue weighted by atomic mass is 10.0. The number of nitrogens with zero attached hydrogens (tertiary/aromatic N) is 4. The smallest absolute Gasteiger partial charge is 0.0671 e. The van der Waals surface area contributed by atoms with Crippen LogP contribution in [0.1, 0.15) is 16.7 Å². The van der Waals surface area contributed by atoms with Gasteiger partial charge in [0.25, 0.3) is 0 Å². The SMILES string of the molecule is N/C(=C\C(=NCc1cccc(-n2c3ccc(-c4ccc5c(c4)c4ccccc4n5-c4ccccc4)cc3c3cc4cc5c6ccccc6c6ccccc6n5c4cc32)c1)c1ccccc1)c1ccccc1. The number of benzene rings is 10. The molecule has 71 heavy (non-hydrogen) atoms. The van der Waals surface area contributed by atoms with Gasteiger partial charge in [-0.3, -0.25) is 4.99 Å². The zero-order valence-corrected chi connectivity index (χ0v) is 38.7. The first-order chi connectivity index (χ1) is 35.1. The molecule has 2 N–H and O–H groups in total. The van der Waals surface area contributed by atoms with Crippen molar-refractivity contribution < 1.29 is 0 Å². The van der Waals surface area contributed by atoms with E-state index in [1.54, 1.807) is 0 Å². The van der Waals surface area contributed by atoms with Crippen LogP contribution in [-0.4, -0.2) is 19.2 Å². The number of fused-ring (bicyclic) bond motifs is 14. The zero-order chi connectivity index (χ0) is 47.0. The number of hydrogen-bond donors (Lipinski definition) is 1. The molecule has 0 fully saturated rings. The fraction of sp³-hybridized carbons (Fsp3) is 0.0152. The summed E-state index contributed by atoms with van der Waals surface area (Å²) in [6, 6.07) is 87.5. The summed E-state index contributed by atoms with van der Waals surface area (Å²) in [5.74, 6) is 0. The second-order valence-corrected chi connectivity index (χ2v) is 18.5. The van der Waals surface area contributed by atoms with E-state index in [0.717, 1.165) is 44.8 Å². The normalized spacial score (nSPS) is 12.5. The van der Waals surface area contributed by atoms with Gasteiger partial charge in [-0.05, 0) is 118 Å². The number of aliphatic imine (C=N–C) groups is 1. The number of aromatic nitrogens is 3. The van der Waals surface area contributed by atoms with Gasteiger partial charge in [0.05, 0.1) is 50.9 Å². The molecular weight excluding hydrogens is 863 g/mol. The molecular formula is C66H45N5. The lowest BCUT2D eigenvalue weighted by Gasteiger charge is -2.12. The molecule has 0 aliphatic carbocycles. The summed E-state index contributed by atoms with van der Waals surface area (Å²) in [6.45, 7) is 0.480. The molecule has 0 aliphatic heterocycles. The third-order valence-electron chi connectivity index (χ3n) is 14.4. The van der Waals surface area contributed by atoms with Crippen molar-refractivity contribution in [2.45, 2.75) is 6.54 Å². The van der Waals surface area contributed by atoms with Crippen molar-refractivity contribution >= 4 is 93.1 Å². The summed E-state index contributed by atoms with van der Waals surface area (Å²) in [5.41, 5.74) is 24.2. The van der Waals surface area contributed by atoms with Crippen LogP contribution in [0.4, 0.5) is 0 Å². The summed E-state index contributed by atoms with van der Waals surface area (Å²) in [4.78, 5) is 5.25. The van der Waals surface area contributed by atoms with Crippen molar-refractivity contribution in [2.75, 3.05) is 0 Å². The van der Waals surface area contributed by atoms with Gasteiger partial charge in [-0.15, -0.1) is 0 Å². The Kier molecular flexibility index (Phi) is 9.36. The minimum absolute atomic E-state index is 0.480. The molecule has 5 heteroatoms. The first-order valence-electron chi connectivity index (χ1n) is 24.3. The summed E-state index contributed by atoms with van der Waals surface area (Å²) in [5, 5.41) is 9.84. The maximum atomic E-state index is 6.71. The molecule has 4 aromatic heterocycles. The molecule has 0 bridgehead atoms. The fourth-order valence-electron chi connectivity index (χ4n) is 11.1. The predicted octanol–water partition coefficient (Wildman–Crippen LogP) is 16.2. The van der Waals surface area contributed by atoms with Gasteiger partial charge in [-0.25, -0.2) is 0 Å². The standard InChI is InChI=1S/C66H45N5/c67-58(44-18-4-1-5-19-44)40-59(45-20-6-2-7-21-45)68-42-43-17-16-24-50(35-43)70-63-34-32-47(46-31-33-62-55(36-46)54-28-13-14-29-60(54)69(62)49-22-8-3-9-23-49)37-56(63)57-38-48-39-65-53-27-11-10-25-51(53)52-26-12-15-30-61(52)71(65)64(48)41-66(57)70/h1-41H,42,67H2/b58-40-,68-59?. The summed E-state index contributed by atoms with van der Waals surface area (Å²) in [6.07, 6.45) is 2.00. The Bertz CT molecular complexity index is 4480. The second kappa shape index (κ2) is 16.4. The lowest BCUT2D eigenvalue weighted by Crippen LogP contribution is -2.04. The topological polar surface area (TPSA) is 52.6 Å². The van der Waals surface area contributed by atoms with Gasteiger partial charge in [-0.1, -0.05) is 164 Å². The Balaban J connectivity index is 0.970. The van der Waals surface area contributed by atoms with E-state index >= 15 is 0 Å². The average molecular weight is 908 g/mol. The largest absolute Gasteiger partial charge is 0.398 e. The van der Waals surface area contributed by atoms with E-state index in [1.165, 1.54) is 81.8 Å². The molecule has 0 amide bonds. The maximum Gasteiger partial charge on any atom is 0.0671 e. The van der Waals surface area contributed by atoms with Crippen molar-refractivity contribution in [3.63, 3.8) is 0 Å². The van der Waals surface area contributed by atoms with E-state index in [2.05, 4.69) is 208 Å². The number of hydrogen-bond acceptors (Lipinski definition) is 2. The van der Waals surface area contributed by atoms with E-state index in [4.69, 9.17) is 10.7 Å². The Morgan fingerprint density at radius 1 is 0.366 bits per heavy atom. The van der Waals surface area contributed by atoms with Gasteiger partial charge in [0.1, 0.15) is 0 Å². The highest BCUT2D eigenvalue weighted by Crippen LogP contribution is 2.42. The van der Waals surface area contributed by atoms with Crippen LogP contribution in [0, 0.1) is 0 Å². The third kappa shape index (κ3) is 6.66. The van der Waals surface area contributed by atoms with Gasteiger partial charge in [0.2, 0.25) is 0 Å². The molecule has 4 heterocycles. The molecule has 0 aliphatic rings. The predicted molar refractivity (Wildman–Crippen MR) is 299 cm³/mol. The van der Waals surface area contributed by atoms with Crippen LogP contribution in [-0.2, 0) is 6.54 Å². The monoisotopic (exact) mass is 907 g/mol. The molecule has 0 atom stereocenters. The first kappa shape index (κ1) is 40.6. The fourth-order valence-corrected chi connectivity index (χ4v) is 11.1. The van der Waals surface area contributed by atoms with Crippen LogP contribution in [0.25, 0.3) is 110 Å². The molecule has 0 spiro atoms. The van der Waals surface area contributed by atoms with Crippen molar-refractivity contribution in [1.82, 2.24) is 13.5 Å². The van der Waals surface area contributed by atoms with Crippen molar-refractivity contribution in [3.05, 3.63) is 265 Å². The van der Waals surface area contributed by atoms with Gasteiger partial charge >= 0.3 is 0 Å². The summed E-state index contributed by atoms with van der Waals surface area (Å²) < 4.78 is 7.29. The molecule has 10 aromatic carbocycles. The Morgan fingerprint density at radius 3 is 1.59 bits per heavy atom. The van der Waals surface area contributed by atoms with Crippen LogP contribution >= 0.6 is 0 Å². The number of para-hydroxylation sites is 3. The van der Waals surface area contributed by atoms with E-state index in [0.29, 0.717) is 12.2 Å². The number of nitrogens with two attached hydrogens (primary N) is 1. The molecule has 5 nitrogen and oxygen atoms in total. The molecule has 0 saturated carbocycles. The molecule has 0 saturated heterocycles.